The average molecular weight is 172 g/mol. The molecule has 1 aliphatic heterocycles. The van der Waals surface area contributed by atoms with Crippen molar-refractivity contribution in [1.82, 2.24) is 10.4 Å². The molecule has 1 rings (SSSR count). The number of hydrazine groups is 1. The van der Waals surface area contributed by atoms with Gasteiger partial charge in [-0.2, -0.15) is 0 Å². The van der Waals surface area contributed by atoms with E-state index in [9.17, 15) is 4.79 Å². The van der Waals surface area contributed by atoms with Crippen LogP contribution in [0.2, 0.25) is 0 Å². The van der Waals surface area contributed by atoms with E-state index in [-0.39, 0.29) is 0 Å². The van der Waals surface area contributed by atoms with Gasteiger partial charge in [0.15, 0.2) is 0 Å². The zero-order valence-corrected chi connectivity index (χ0v) is 7.42. The van der Waals surface area contributed by atoms with Gasteiger partial charge in [0.05, 0.1) is 0 Å². The van der Waals surface area contributed by atoms with Gasteiger partial charge in [0.2, 0.25) is 0 Å². The van der Waals surface area contributed by atoms with E-state index in [1.54, 1.807) is 0 Å². The van der Waals surface area contributed by atoms with Gasteiger partial charge in [0.1, 0.15) is 0 Å². The normalized spacial score (nSPS) is 24.2. The molecule has 70 valence electrons. The summed E-state index contributed by atoms with van der Waals surface area (Å²) < 4.78 is 0. The molecule has 0 aliphatic carbocycles. The Labute approximate surface area is 72.5 Å². The lowest BCUT2D eigenvalue weighted by Gasteiger charge is -2.22. The van der Waals surface area contributed by atoms with Gasteiger partial charge in [-0.15, -0.1) is 0 Å². The molecule has 1 aliphatic rings. The summed E-state index contributed by atoms with van der Waals surface area (Å²) in [6.07, 6.45) is 3.47. The monoisotopic (exact) mass is 172 g/mol. The summed E-state index contributed by atoms with van der Waals surface area (Å²) in [6.45, 7) is 2.98. The molecule has 0 bridgehead atoms. The molecular formula is C8H16N2O2. The van der Waals surface area contributed by atoms with Crippen molar-refractivity contribution in [3.8, 4) is 0 Å². The van der Waals surface area contributed by atoms with Crippen LogP contribution < -0.4 is 5.43 Å². The predicted octanol–water partition coefficient (Wildman–Crippen LogP) is 1.43. The van der Waals surface area contributed by atoms with E-state index in [1.807, 2.05) is 5.01 Å². The number of hydrogen-bond acceptors (Lipinski definition) is 2. The largest absolute Gasteiger partial charge is 0.464 e. The molecule has 0 aromatic rings. The van der Waals surface area contributed by atoms with E-state index in [0.717, 1.165) is 32.2 Å². The molecule has 0 spiro atoms. The van der Waals surface area contributed by atoms with Gasteiger partial charge in [0.25, 0.3) is 0 Å². The van der Waals surface area contributed by atoms with Crippen molar-refractivity contribution < 1.29 is 9.90 Å². The van der Waals surface area contributed by atoms with Crippen molar-refractivity contribution in [2.24, 2.45) is 0 Å². The van der Waals surface area contributed by atoms with Crippen LogP contribution in [0, 0.1) is 0 Å². The molecule has 1 amide bonds. The smallest absolute Gasteiger partial charge is 0.419 e. The third-order valence-corrected chi connectivity index (χ3v) is 2.24. The number of carboxylic acid groups (broad SMARTS) is 1. The van der Waals surface area contributed by atoms with E-state index < -0.39 is 6.09 Å². The molecule has 2 N–H and O–H groups in total. The lowest BCUT2D eigenvalue weighted by atomic mass is 10.1. The molecule has 1 heterocycles. The standard InChI is InChI=1S/C8H16N2O2/c1-2-4-7-5-3-6-10(7)9-8(11)12/h7,9H,2-6H2,1H3,(H,11,12). The second-order valence-corrected chi connectivity index (χ2v) is 3.20. The summed E-state index contributed by atoms with van der Waals surface area (Å²) in [6, 6.07) is 0.422. The molecule has 1 saturated heterocycles. The Hall–Kier alpha value is -0.770. The number of nitrogens with zero attached hydrogens (tertiary/aromatic N) is 1. The van der Waals surface area contributed by atoms with Crippen LogP contribution in [0.1, 0.15) is 32.6 Å². The second kappa shape index (κ2) is 4.30. The van der Waals surface area contributed by atoms with Gasteiger partial charge in [-0.3, -0.25) is 5.43 Å². The Morgan fingerprint density at radius 2 is 2.50 bits per heavy atom. The number of amides is 1. The first-order chi connectivity index (χ1) is 5.74. The molecule has 0 saturated carbocycles. The topological polar surface area (TPSA) is 52.6 Å². The van der Waals surface area contributed by atoms with E-state index in [1.165, 1.54) is 0 Å². The van der Waals surface area contributed by atoms with Crippen molar-refractivity contribution in [2.45, 2.75) is 38.6 Å². The van der Waals surface area contributed by atoms with Crippen LogP contribution in [0.4, 0.5) is 4.79 Å². The minimum absolute atomic E-state index is 0.422. The van der Waals surface area contributed by atoms with E-state index in [4.69, 9.17) is 5.11 Å². The first kappa shape index (κ1) is 9.32. The Morgan fingerprint density at radius 1 is 1.75 bits per heavy atom. The second-order valence-electron chi connectivity index (χ2n) is 3.20. The van der Waals surface area contributed by atoms with Crippen molar-refractivity contribution in [2.75, 3.05) is 6.54 Å². The minimum Gasteiger partial charge on any atom is -0.464 e. The summed E-state index contributed by atoms with van der Waals surface area (Å²) in [5, 5.41) is 10.3. The maximum absolute atomic E-state index is 10.4. The lowest BCUT2D eigenvalue weighted by Crippen LogP contribution is -2.44. The first-order valence-electron chi connectivity index (χ1n) is 4.50. The summed E-state index contributed by atoms with van der Waals surface area (Å²) in [5.41, 5.74) is 2.43. The number of nitrogens with one attached hydrogen (secondary N) is 1. The molecule has 1 fully saturated rings. The van der Waals surface area contributed by atoms with Gasteiger partial charge in [-0.05, 0) is 19.3 Å². The third-order valence-electron chi connectivity index (χ3n) is 2.24. The van der Waals surface area contributed by atoms with Gasteiger partial charge < -0.3 is 5.11 Å². The van der Waals surface area contributed by atoms with Crippen molar-refractivity contribution in [3.63, 3.8) is 0 Å². The van der Waals surface area contributed by atoms with Gasteiger partial charge in [-0.25, -0.2) is 9.80 Å². The van der Waals surface area contributed by atoms with Crippen LogP contribution in [0.3, 0.4) is 0 Å². The number of carbonyl (C=O) groups is 1. The van der Waals surface area contributed by atoms with Crippen molar-refractivity contribution in [1.29, 1.82) is 0 Å². The van der Waals surface area contributed by atoms with Gasteiger partial charge >= 0.3 is 6.09 Å². The first-order valence-corrected chi connectivity index (χ1v) is 4.50. The van der Waals surface area contributed by atoms with Crippen LogP contribution in [-0.2, 0) is 0 Å². The van der Waals surface area contributed by atoms with E-state index >= 15 is 0 Å². The highest BCUT2D eigenvalue weighted by Gasteiger charge is 2.24. The molecule has 4 heteroatoms. The van der Waals surface area contributed by atoms with E-state index in [2.05, 4.69) is 12.3 Å². The molecule has 0 radical (unpaired) electrons. The zero-order chi connectivity index (χ0) is 8.97. The maximum atomic E-state index is 10.4. The summed E-state index contributed by atoms with van der Waals surface area (Å²) in [7, 11) is 0. The predicted molar refractivity (Wildman–Crippen MR) is 45.8 cm³/mol. The fraction of sp³-hybridized carbons (Fsp3) is 0.875. The van der Waals surface area contributed by atoms with Crippen LogP contribution in [0.25, 0.3) is 0 Å². The lowest BCUT2D eigenvalue weighted by molar-refractivity contribution is 0.127. The van der Waals surface area contributed by atoms with Gasteiger partial charge in [-0.1, -0.05) is 13.3 Å². The molecule has 1 atom stereocenters. The van der Waals surface area contributed by atoms with Crippen LogP contribution in [0.15, 0.2) is 0 Å². The average Bonchev–Trinajstić information content (AvgIpc) is 2.37. The fourth-order valence-corrected chi connectivity index (χ4v) is 1.74. The highest BCUT2D eigenvalue weighted by atomic mass is 16.4. The zero-order valence-electron chi connectivity index (χ0n) is 7.42. The Balaban J connectivity index is 2.35. The molecular weight excluding hydrogens is 156 g/mol. The van der Waals surface area contributed by atoms with E-state index in [0.29, 0.717) is 6.04 Å². The van der Waals surface area contributed by atoms with Crippen molar-refractivity contribution in [3.05, 3.63) is 0 Å². The molecule has 0 aromatic carbocycles. The number of hydrogen-bond donors (Lipinski definition) is 2. The summed E-state index contributed by atoms with van der Waals surface area (Å²) in [4.78, 5) is 10.4. The van der Waals surface area contributed by atoms with Gasteiger partial charge in [0, 0.05) is 12.6 Å². The molecule has 12 heavy (non-hydrogen) atoms. The third kappa shape index (κ3) is 2.37. The van der Waals surface area contributed by atoms with Crippen molar-refractivity contribution >= 4 is 6.09 Å². The number of rotatable bonds is 3. The quantitative estimate of drug-likeness (QED) is 0.677. The summed E-state index contributed by atoms with van der Waals surface area (Å²) in [5.74, 6) is 0. The Kier molecular flexibility index (Phi) is 3.34. The van der Waals surface area contributed by atoms with Crippen LogP contribution in [-0.4, -0.2) is 28.8 Å². The van der Waals surface area contributed by atoms with Crippen LogP contribution >= 0.6 is 0 Å². The highest BCUT2D eigenvalue weighted by molar-refractivity contribution is 5.63. The summed E-state index contributed by atoms with van der Waals surface area (Å²) >= 11 is 0. The molecule has 1 unspecified atom stereocenters. The molecule has 0 aromatic heterocycles. The maximum Gasteiger partial charge on any atom is 0.419 e. The Morgan fingerprint density at radius 3 is 3.08 bits per heavy atom. The SMILES string of the molecule is CCCC1CCCN1NC(=O)O. The fourth-order valence-electron chi connectivity index (χ4n) is 1.74. The molecule has 4 nitrogen and oxygen atoms in total. The highest BCUT2D eigenvalue weighted by Crippen LogP contribution is 2.18. The minimum atomic E-state index is -0.946. The van der Waals surface area contributed by atoms with Crippen LogP contribution in [0.5, 0.6) is 0 Å². The Bertz CT molecular complexity index is 161.